The number of carboxylic acids is 1. The highest BCUT2D eigenvalue weighted by molar-refractivity contribution is 6.35. The Labute approximate surface area is 139 Å². The number of hydrogen-bond acceptors (Lipinski definition) is 3. The van der Waals surface area contributed by atoms with E-state index in [9.17, 15) is 14.7 Å². The molecule has 0 unspecified atom stereocenters. The van der Waals surface area contributed by atoms with Crippen LogP contribution in [0.2, 0.25) is 10.0 Å². The predicted molar refractivity (Wildman–Crippen MR) is 85.6 cm³/mol. The van der Waals surface area contributed by atoms with Crippen LogP contribution in [0.3, 0.4) is 0 Å². The Morgan fingerprint density at radius 2 is 1.95 bits per heavy atom. The monoisotopic (exact) mass is 347 g/mol. The highest BCUT2D eigenvalue weighted by Crippen LogP contribution is 2.22. The summed E-state index contributed by atoms with van der Waals surface area (Å²) in [5.74, 6) is -1.13. The molecular formula is C15H19Cl2NO4. The van der Waals surface area contributed by atoms with E-state index in [-0.39, 0.29) is 6.42 Å². The number of aryl methyl sites for hydroxylation is 1. The highest BCUT2D eigenvalue weighted by Gasteiger charge is 2.24. The van der Waals surface area contributed by atoms with Gasteiger partial charge in [0, 0.05) is 10.0 Å². The third-order valence-corrected chi connectivity index (χ3v) is 3.29. The molecule has 0 aliphatic heterocycles. The van der Waals surface area contributed by atoms with Gasteiger partial charge in [-0.05, 0) is 51.3 Å². The van der Waals surface area contributed by atoms with Gasteiger partial charge in [-0.25, -0.2) is 9.59 Å². The minimum absolute atomic E-state index is 0.190. The van der Waals surface area contributed by atoms with Crippen LogP contribution < -0.4 is 5.32 Å². The van der Waals surface area contributed by atoms with Gasteiger partial charge in [0.1, 0.15) is 11.6 Å². The van der Waals surface area contributed by atoms with E-state index in [4.69, 9.17) is 27.9 Å². The molecule has 1 rings (SSSR count). The Balaban J connectivity index is 2.65. The van der Waals surface area contributed by atoms with Crippen LogP contribution in [0, 0.1) is 0 Å². The van der Waals surface area contributed by atoms with E-state index in [1.54, 1.807) is 39.0 Å². The van der Waals surface area contributed by atoms with E-state index in [1.807, 2.05) is 0 Å². The van der Waals surface area contributed by atoms with Crippen LogP contribution in [-0.4, -0.2) is 28.8 Å². The number of aliphatic carboxylic acids is 1. The molecule has 0 aliphatic carbocycles. The van der Waals surface area contributed by atoms with Gasteiger partial charge in [0.2, 0.25) is 0 Å². The second-order valence-corrected chi connectivity index (χ2v) is 6.66. The van der Waals surface area contributed by atoms with Gasteiger partial charge < -0.3 is 15.2 Å². The number of rotatable bonds is 5. The van der Waals surface area contributed by atoms with Crippen molar-refractivity contribution in [1.29, 1.82) is 0 Å². The van der Waals surface area contributed by atoms with Gasteiger partial charge in [0.05, 0.1) is 0 Å². The van der Waals surface area contributed by atoms with Crippen LogP contribution in [0.5, 0.6) is 0 Å². The SMILES string of the molecule is CC(C)(C)OC(=O)N[C@@H](CCc1ccc(Cl)cc1Cl)C(=O)O. The van der Waals surface area contributed by atoms with Crippen LogP contribution in [0.4, 0.5) is 4.79 Å². The van der Waals surface area contributed by atoms with E-state index in [0.717, 1.165) is 5.56 Å². The third-order valence-electron chi connectivity index (χ3n) is 2.71. The smallest absolute Gasteiger partial charge is 0.408 e. The number of benzene rings is 1. The summed E-state index contributed by atoms with van der Waals surface area (Å²) in [7, 11) is 0. The van der Waals surface area contributed by atoms with Crippen LogP contribution in [0.1, 0.15) is 32.8 Å². The molecule has 1 amide bonds. The number of carbonyl (C=O) groups is 2. The molecule has 0 saturated carbocycles. The van der Waals surface area contributed by atoms with Gasteiger partial charge in [0.25, 0.3) is 0 Å². The summed E-state index contributed by atoms with van der Waals surface area (Å²) in [6.07, 6.45) is -0.180. The third kappa shape index (κ3) is 6.54. The lowest BCUT2D eigenvalue weighted by molar-refractivity contribution is -0.139. The van der Waals surface area contributed by atoms with Crippen molar-refractivity contribution in [3.8, 4) is 0 Å². The molecule has 122 valence electrons. The molecule has 1 aromatic rings. The van der Waals surface area contributed by atoms with Crippen LogP contribution in [-0.2, 0) is 16.0 Å². The van der Waals surface area contributed by atoms with Crippen molar-refractivity contribution in [2.24, 2.45) is 0 Å². The second kappa shape index (κ2) is 7.70. The van der Waals surface area contributed by atoms with E-state index in [2.05, 4.69) is 5.32 Å². The van der Waals surface area contributed by atoms with Gasteiger partial charge >= 0.3 is 12.1 Å². The Morgan fingerprint density at radius 1 is 1.32 bits per heavy atom. The molecule has 0 radical (unpaired) electrons. The molecule has 0 saturated heterocycles. The summed E-state index contributed by atoms with van der Waals surface area (Å²) in [5.41, 5.74) is 0.0791. The maximum atomic E-state index is 11.7. The zero-order chi connectivity index (χ0) is 16.9. The fourth-order valence-electron chi connectivity index (χ4n) is 1.73. The Hall–Kier alpha value is -1.46. The molecule has 7 heteroatoms. The first-order valence-electron chi connectivity index (χ1n) is 6.75. The molecule has 22 heavy (non-hydrogen) atoms. The van der Waals surface area contributed by atoms with Gasteiger partial charge in [-0.1, -0.05) is 29.3 Å². The van der Waals surface area contributed by atoms with Crippen LogP contribution in [0.15, 0.2) is 18.2 Å². The molecule has 1 aromatic carbocycles. The van der Waals surface area contributed by atoms with E-state index >= 15 is 0 Å². The number of alkyl carbamates (subject to hydrolysis) is 1. The van der Waals surface area contributed by atoms with Crippen molar-refractivity contribution in [3.05, 3.63) is 33.8 Å². The van der Waals surface area contributed by atoms with Gasteiger partial charge in [0.15, 0.2) is 0 Å². The van der Waals surface area contributed by atoms with Gasteiger partial charge in [-0.15, -0.1) is 0 Å². The first-order valence-corrected chi connectivity index (χ1v) is 7.50. The average molecular weight is 348 g/mol. The molecule has 0 heterocycles. The average Bonchev–Trinajstić information content (AvgIpc) is 2.33. The number of carbonyl (C=O) groups excluding carboxylic acids is 1. The number of nitrogens with one attached hydrogen (secondary N) is 1. The summed E-state index contributed by atoms with van der Waals surface area (Å²) in [6, 6.07) is 3.95. The molecule has 0 aromatic heterocycles. The number of ether oxygens (including phenoxy) is 1. The second-order valence-electron chi connectivity index (χ2n) is 5.81. The summed E-state index contributed by atoms with van der Waals surface area (Å²) < 4.78 is 5.05. The number of hydrogen-bond donors (Lipinski definition) is 2. The van der Waals surface area contributed by atoms with Crippen LogP contribution in [0.25, 0.3) is 0 Å². The maximum absolute atomic E-state index is 11.7. The molecular weight excluding hydrogens is 329 g/mol. The Kier molecular flexibility index (Phi) is 6.50. The first kappa shape index (κ1) is 18.6. The predicted octanol–water partition coefficient (Wildman–Crippen LogP) is 3.90. The normalized spacial score (nSPS) is 12.6. The molecule has 0 spiro atoms. The summed E-state index contributed by atoms with van der Waals surface area (Å²) in [5, 5.41) is 12.5. The van der Waals surface area contributed by atoms with Gasteiger partial charge in [-0.2, -0.15) is 0 Å². The summed E-state index contributed by atoms with van der Waals surface area (Å²) >= 11 is 11.8. The highest BCUT2D eigenvalue weighted by atomic mass is 35.5. The molecule has 0 bridgehead atoms. The van der Waals surface area contributed by atoms with E-state index in [0.29, 0.717) is 16.5 Å². The Morgan fingerprint density at radius 3 is 2.45 bits per heavy atom. The minimum atomic E-state index is -1.13. The van der Waals surface area contributed by atoms with Crippen molar-refractivity contribution in [2.45, 2.75) is 45.3 Å². The van der Waals surface area contributed by atoms with Crippen molar-refractivity contribution >= 4 is 35.3 Å². The number of amides is 1. The fraction of sp³-hybridized carbons (Fsp3) is 0.467. The maximum Gasteiger partial charge on any atom is 0.408 e. The Bertz CT molecular complexity index is 555. The summed E-state index contributed by atoms with van der Waals surface area (Å²) in [6.45, 7) is 5.11. The zero-order valence-corrected chi connectivity index (χ0v) is 14.2. The molecule has 0 aliphatic rings. The molecule has 5 nitrogen and oxygen atoms in total. The van der Waals surface area contributed by atoms with Crippen molar-refractivity contribution in [1.82, 2.24) is 5.32 Å². The first-order chi connectivity index (χ1) is 10.1. The number of halogens is 2. The quantitative estimate of drug-likeness (QED) is 0.846. The zero-order valence-electron chi connectivity index (χ0n) is 12.7. The summed E-state index contributed by atoms with van der Waals surface area (Å²) in [4.78, 5) is 22.9. The standard InChI is InChI=1S/C15H19Cl2NO4/c1-15(2,3)22-14(21)18-12(13(19)20)7-5-9-4-6-10(16)8-11(9)17/h4,6,8,12H,5,7H2,1-3H3,(H,18,21)(H,19,20)/t12-/m0/s1. The number of carboxylic acid groups (broad SMARTS) is 1. The fourth-order valence-corrected chi connectivity index (χ4v) is 2.23. The van der Waals surface area contributed by atoms with E-state index < -0.39 is 23.7 Å². The topological polar surface area (TPSA) is 75.6 Å². The van der Waals surface area contributed by atoms with Crippen molar-refractivity contribution < 1.29 is 19.4 Å². The van der Waals surface area contributed by atoms with E-state index in [1.165, 1.54) is 0 Å². The van der Waals surface area contributed by atoms with Crippen molar-refractivity contribution in [3.63, 3.8) is 0 Å². The molecule has 1 atom stereocenters. The lowest BCUT2D eigenvalue weighted by Gasteiger charge is -2.22. The minimum Gasteiger partial charge on any atom is -0.480 e. The lowest BCUT2D eigenvalue weighted by atomic mass is 10.1. The van der Waals surface area contributed by atoms with Gasteiger partial charge in [-0.3, -0.25) is 0 Å². The lowest BCUT2D eigenvalue weighted by Crippen LogP contribution is -2.43. The van der Waals surface area contributed by atoms with Crippen LogP contribution >= 0.6 is 23.2 Å². The molecule has 0 fully saturated rings. The molecule has 2 N–H and O–H groups in total. The largest absolute Gasteiger partial charge is 0.480 e. The van der Waals surface area contributed by atoms with Crippen molar-refractivity contribution in [2.75, 3.05) is 0 Å².